The molecule has 0 bridgehead atoms. The van der Waals surface area contributed by atoms with Gasteiger partial charge in [-0.3, -0.25) is 4.79 Å². The fourth-order valence-electron chi connectivity index (χ4n) is 6.16. The molecular formula is C34H39NO9. The fraction of sp³-hybridized carbons (Fsp3) is 0.412. The Bertz CT molecular complexity index is 1690. The molecule has 2 unspecified atom stereocenters. The third kappa shape index (κ3) is 5.66. The number of fused-ring (bicyclic) bond motifs is 1. The average Bonchev–Trinajstić information content (AvgIpc) is 2.98. The molecule has 2 heterocycles. The number of rotatable bonds is 7. The summed E-state index contributed by atoms with van der Waals surface area (Å²) < 4.78 is 28.5. The molecule has 3 aromatic rings. The van der Waals surface area contributed by atoms with Gasteiger partial charge in [0.25, 0.3) is 0 Å². The van der Waals surface area contributed by atoms with E-state index in [9.17, 15) is 19.8 Å². The average molecular weight is 606 g/mol. The van der Waals surface area contributed by atoms with Crippen LogP contribution in [0.1, 0.15) is 37.5 Å². The van der Waals surface area contributed by atoms with Crippen molar-refractivity contribution in [2.24, 2.45) is 11.8 Å². The number of benzene rings is 2. The minimum absolute atomic E-state index is 0.0108. The molecule has 6 atom stereocenters. The zero-order valence-corrected chi connectivity index (χ0v) is 25.9. The van der Waals surface area contributed by atoms with Gasteiger partial charge in [0, 0.05) is 29.6 Å². The first kappa shape index (κ1) is 31.5. The van der Waals surface area contributed by atoms with Gasteiger partial charge in [0.15, 0.2) is 0 Å². The number of methoxy groups -OCH3 is 2. The lowest BCUT2D eigenvalue weighted by molar-refractivity contribution is -0.306. The zero-order chi connectivity index (χ0) is 31.9. The maximum absolute atomic E-state index is 13.5. The Morgan fingerprint density at radius 2 is 1.77 bits per heavy atom. The van der Waals surface area contributed by atoms with E-state index in [2.05, 4.69) is 5.32 Å². The quantitative estimate of drug-likeness (QED) is 0.333. The lowest BCUT2D eigenvalue weighted by Gasteiger charge is -2.46. The number of aryl methyl sites for hydroxylation is 2. The Kier molecular flexibility index (Phi) is 8.73. The van der Waals surface area contributed by atoms with Gasteiger partial charge in [0.2, 0.25) is 12.2 Å². The van der Waals surface area contributed by atoms with Crippen LogP contribution in [0, 0.1) is 25.7 Å². The van der Waals surface area contributed by atoms with E-state index in [1.54, 1.807) is 58.2 Å². The molecule has 2 aromatic carbocycles. The Morgan fingerprint density at radius 1 is 1.05 bits per heavy atom. The number of ether oxygens (including phenoxy) is 4. The Hall–Kier alpha value is -3.96. The van der Waals surface area contributed by atoms with Crippen molar-refractivity contribution in [2.75, 3.05) is 19.5 Å². The summed E-state index contributed by atoms with van der Waals surface area (Å²) in [6, 6.07) is 12.8. The van der Waals surface area contributed by atoms with Gasteiger partial charge in [0.1, 0.15) is 41.1 Å². The van der Waals surface area contributed by atoms with Crippen molar-refractivity contribution in [1.29, 1.82) is 0 Å². The van der Waals surface area contributed by atoms with Crippen LogP contribution in [-0.2, 0) is 19.0 Å². The van der Waals surface area contributed by atoms with Crippen molar-refractivity contribution in [3.63, 3.8) is 0 Å². The van der Waals surface area contributed by atoms with Crippen LogP contribution in [0.15, 0.2) is 69.6 Å². The summed E-state index contributed by atoms with van der Waals surface area (Å²) >= 11 is 0. The number of aliphatic hydroxyl groups is 2. The molecule has 0 saturated carbocycles. The van der Waals surface area contributed by atoms with Crippen molar-refractivity contribution in [3.05, 3.63) is 87.5 Å². The first-order valence-corrected chi connectivity index (χ1v) is 14.5. The van der Waals surface area contributed by atoms with E-state index in [1.807, 2.05) is 38.1 Å². The summed E-state index contributed by atoms with van der Waals surface area (Å²) in [5, 5.41) is 24.5. The highest BCUT2D eigenvalue weighted by molar-refractivity contribution is 5.97. The van der Waals surface area contributed by atoms with Gasteiger partial charge in [-0.2, -0.15) is 0 Å². The summed E-state index contributed by atoms with van der Waals surface area (Å²) in [7, 11) is 3.04. The van der Waals surface area contributed by atoms with Crippen LogP contribution in [0.5, 0.6) is 5.75 Å². The van der Waals surface area contributed by atoms with Crippen LogP contribution >= 0.6 is 0 Å². The van der Waals surface area contributed by atoms with Gasteiger partial charge in [-0.25, -0.2) is 4.79 Å². The molecule has 10 nitrogen and oxygen atoms in total. The molecule has 3 N–H and O–H groups in total. The highest BCUT2D eigenvalue weighted by Crippen LogP contribution is 2.39. The van der Waals surface area contributed by atoms with Crippen LogP contribution in [0.3, 0.4) is 0 Å². The number of carbonyl (C=O) groups excluding carboxylic acids is 1. The van der Waals surface area contributed by atoms with Gasteiger partial charge in [-0.05, 0) is 63.1 Å². The standard InChI is InChI=1S/C34H39NO9/c1-17-10-8-9-11-21(17)26-18(2)22(13-15-25(26)40-6)31(38)35-23-16-20-12-14-24(19(3)29(20)43-32(23)39)42-33-28(37)27(36)30(41-7)34(4,5)44-33/h8-16,18,22,27-28,30,33,36-37H,1-7H3,(H,35,38)/t18?,22?,27-,28+,30+,33+/m0/s1. The number of anilines is 1. The Labute approximate surface area is 255 Å². The number of hydrogen-bond acceptors (Lipinski definition) is 9. The number of allylic oxidation sites excluding steroid dienone is 2. The second-order valence-electron chi connectivity index (χ2n) is 11.9. The van der Waals surface area contributed by atoms with E-state index in [0.29, 0.717) is 22.5 Å². The Balaban J connectivity index is 1.38. The van der Waals surface area contributed by atoms with Crippen molar-refractivity contribution in [1.82, 2.24) is 0 Å². The van der Waals surface area contributed by atoms with E-state index in [4.69, 9.17) is 23.4 Å². The summed E-state index contributed by atoms with van der Waals surface area (Å²) in [6.07, 6.45) is -1.01. The monoisotopic (exact) mass is 605 g/mol. The topological polar surface area (TPSA) is 137 Å². The fourth-order valence-corrected chi connectivity index (χ4v) is 6.16. The molecule has 0 radical (unpaired) electrons. The minimum Gasteiger partial charge on any atom is -0.496 e. The van der Waals surface area contributed by atoms with Crippen LogP contribution < -0.4 is 15.7 Å². The normalized spacial score (nSPS) is 26.5. The first-order chi connectivity index (χ1) is 20.9. The summed E-state index contributed by atoms with van der Waals surface area (Å²) in [6.45, 7) is 9.14. The highest BCUT2D eigenvalue weighted by atomic mass is 16.7. The molecule has 1 amide bonds. The second kappa shape index (κ2) is 12.2. The third-order valence-electron chi connectivity index (χ3n) is 8.57. The van der Waals surface area contributed by atoms with Crippen molar-refractivity contribution >= 4 is 28.1 Å². The van der Waals surface area contributed by atoms with Gasteiger partial charge in [-0.1, -0.05) is 37.3 Å². The minimum atomic E-state index is -1.38. The molecular weight excluding hydrogens is 566 g/mol. The maximum atomic E-state index is 13.5. The molecule has 2 aliphatic rings. The van der Waals surface area contributed by atoms with Crippen molar-refractivity contribution in [2.45, 2.75) is 64.8 Å². The van der Waals surface area contributed by atoms with Gasteiger partial charge in [0.05, 0.1) is 18.6 Å². The predicted molar refractivity (Wildman–Crippen MR) is 165 cm³/mol. The van der Waals surface area contributed by atoms with Gasteiger partial charge < -0.3 is 38.9 Å². The molecule has 1 aromatic heterocycles. The first-order valence-electron chi connectivity index (χ1n) is 14.5. The van der Waals surface area contributed by atoms with E-state index >= 15 is 0 Å². The molecule has 1 aliphatic heterocycles. The summed E-state index contributed by atoms with van der Waals surface area (Å²) in [5.41, 5.74) is 2.06. The van der Waals surface area contributed by atoms with Crippen LogP contribution in [0.2, 0.25) is 0 Å². The van der Waals surface area contributed by atoms with E-state index in [0.717, 1.165) is 16.7 Å². The third-order valence-corrected chi connectivity index (χ3v) is 8.57. The molecule has 1 fully saturated rings. The molecule has 0 spiro atoms. The van der Waals surface area contributed by atoms with Crippen LogP contribution in [0.4, 0.5) is 5.69 Å². The molecule has 10 heteroatoms. The Morgan fingerprint density at radius 3 is 2.45 bits per heavy atom. The molecule has 234 valence electrons. The molecule has 1 saturated heterocycles. The van der Waals surface area contributed by atoms with Crippen molar-refractivity contribution in [3.8, 4) is 5.75 Å². The number of carbonyl (C=O) groups is 1. The van der Waals surface area contributed by atoms with Crippen LogP contribution in [0.25, 0.3) is 16.5 Å². The molecule has 44 heavy (non-hydrogen) atoms. The number of amides is 1. The lowest BCUT2D eigenvalue weighted by Crippen LogP contribution is -2.63. The maximum Gasteiger partial charge on any atom is 0.360 e. The smallest absolute Gasteiger partial charge is 0.360 e. The lowest BCUT2D eigenvalue weighted by atomic mass is 9.78. The number of aliphatic hydroxyl groups excluding tert-OH is 2. The van der Waals surface area contributed by atoms with E-state index in [-0.39, 0.29) is 23.1 Å². The zero-order valence-electron chi connectivity index (χ0n) is 25.9. The largest absolute Gasteiger partial charge is 0.496 e. The number of nitrogens with one attached hydrogen (secondary N) is 1. The number of hydrogen-bond donors (Lipinski definition) is 3. The van der Waals surface area contributed by atoms with E-state index in [1.165, 1.54) is 7.11 Å². The van der Waals surface area contributed by atoms with Crippen LogP contribution in [-0.4, -0.2) is 60.5 Å². The van der Waals surface area contributed by atoms with Gasteiger partial charge >= 0.3 is 5.63 Å². The summed E-state index contributed by atoms with van der Waals surface area (Å²) in [4.78, 5) is 26.6. The summed E-state index contributed by atoms with van der Waals surface area (Å²) in [5.74, 6) is -0.151. The predicted octanol–water partition coefficient (Wildman–Crippen LogP) is 4.48. The van der Waals surface area contributed by atoms with Crippen molar-refractivity contribution < 1.29 is 38.4 Å². The molecule has 5 rings (SSSR count). The van der Waals surface area contributed by atoms with E-state index < -0.39 is 41.7 Å². The highest BCUT2D eigenvalue weighted by Gasteiger charge is 2.50. The SMILES string of the molecule is COC1=C(c2ccccc2C)C(C)C(C(=O)Nc2cc3ccc(O[C@@H]4OC(C)(C)[C@H](OC)[C@@H](O)[C@H]4O)c(C)c3oc2=O)C=C1. The molecule has 1 aliphatic carbocycles. The van der Waals surface area contributed by atoms with Gasteiger partial charge in [-0.15, -0.1) is 0 Å². The second-order valence-corrected chi connectivity index (χ2v) is 11.9.